The van der Waals surface area contributed by atoms with E-state index in [1.807, 2.05) is 0 Å². The molecule has 0 aromatic heterocycles. The molecule has 3 heteroatoms. The lowest BCUT2D eigenvalue weighted by molar-refractivity contribution is -0.263. The van der Waals surface area contributed by atoms with Crippen molar-refractivity contribution >= 4 is 0 Å². The average Bonchev–Trinajstić information content (AvgIpc) is 2.72. The van der Waals surface area contributed by atoms with Crippen molar-refractivity contribution in [2.75, 3.05) is 19.8 Å². The van der Waals surface area contributed by atoms with Crippen LogP contribution >= 0.6 is 0 Å². The second-order valence-corrected chi connectivity index (χ2v) is 6.14. The Labute approximate surface area is 97.4 Å². The standard InChI is InChI=1S/C13H22O3/c1-10(11-3-5-14-6-4-11)16-13-7-12(2,8-13)9-15-13/h10-11H,3-9H2,1-2H3. The average molecular weight is 226 g/mol. The Balaban J connectivity index is 1.55. The first-order valence-corrected chi connectivity index (χ1v) is 6.50. The maximum atomic E-state index is 6.19. The van der Waals surface area contributed by atoms with Crippen molar-refractivity contribution in [2.24, 2.45) is 11.3 Å². The molecule has 3 heterocycles. The fourth-order valence-electron chi connectivity index (χ4n) is 3.50. The highest BCUT2D eigenvalue weighted by Gasteiger charge is 2.61. The molecule has 1 aliphatic carbocycles. The second kappa shape index (κ2) is 3.69. The van der Waals surface area contributed by atoms with Crippen LogP contribution in [-0.2, 0) is 14.2 Å². The monoisotopic (exact) mass is 226 g/mol. The minimum atomic E-state index is -0.216. The van der Waals surface area contributed by atoms with Gasteiger partial charge in [0.2, 0.25) is 0 Å². The molecule has 3 aliphatic heterocycles. The van der Waals surface area contributed by atoms with Crippen molar-refractivity contribution in [1.29, 1.82) is 0 Å². The number of hydrogen-bond donors (Lipinski definition) is 0. The summed E-state index contributed by atoms with van der Waals surface area (Å²) in [4.78, 5) is 0. The maximum Gasteiger partial charge on any atom is 0.169 e. The molecule has 1 atom stereocenters. The van der Waals surface area contributed by atoms with Crippen LogP contribution in [0.5, 0.6) is 0 Å². The summed E-state index contributed by atoms with van der Waals surface area (Å²) in [7, 11) is 0. The Hall–Kier alpha value is -0.120. The zero-order valence-corrected chi connectivity index (χ0v) is 10.3. The lowest BCUT2D eigenvalue weighted by Gasteiger charge is -2.44. The first-order valence-electron chi connectivity index (χ1n) is 6.50. The van der Waals surface area contributed by atoms with E-state index >= 15 is 0 Å². The first-order chi connectivity index (χ1) is 7.61. The van der Waals surface area contributed by atoms with Crippen LogP contribution in [0, 0.1) is 11.3 Å². The Kier molecular flexibility index (Phi) is 2.54. The molecular weight excluding hydrogens is 204 g/mol. The number of hydrogen-bond acceptors (Lipinski definition) is 3. The van der Waals surface area contributed by atoms with E-state index in [-0.39, 0.29) is 5.79 Å². The van der Waals surface area contributed by atoms with Crippen LogP contribution in [-0.4, -0.2) is 31.7 Å². The number of rotatable bonds is 3. The van der Waals surface area contributed by atoms with Gasteiger partial charge in [-0.2, -0.15) is 0 Å². The highest BCUT2D eigenvalue weighted by atomic mass is 16.7. The molecule has 0 radical (unpaired) electrons. The van der Waals surface area contributed by atoms with Crippen molar-refractivity contribution in [2.45, 2.75) is 51.4 Å². The van der Waals surface area contributed by atoms with Gasteiger partial charge in [-0.1, -0.05) is 6.92 Å². The van der Waals surface area contributed by atoms with Gasteiger partial charge in [0.1, 0.15) is 0 Å². The number of fused-ring (bicyclic) bond motifs is 1. The van der Waals surface area contributed by atoms with Crippen LogP contribution in [0.15, 0.2) is 0 Å². The molecule has 4 fully saturated rings. The zero-order chi connectivity index (χ0) is 11.2. The fraction of sp³-hybridized carbons (Fsp3) is 1.00. The largest absolute Gasteiger partial charge is 0.381 e. The lowest BCUT2D eigenvalue weighted by atomic mass is 9.69. The molecule has 2 bridgehead atoms. The smallest absolute Gasteiger partial charge is 0.169 e. The molecule has 0 aromatic carbocycles. The molecule has 0 aromatic rings. The predicted octanol–water partition coefficient (Wildman–Crippen LogP) is 2.34. The normalized spacial score (nSPS) is 45.4. The van der Waals surface area contributed by atoms with Gasteiger partial charge in [-0.15, -0.1) is 0 Å². The molecule has 4 rings (SSSR count). The van der Waals surface area contributed by atoms with Crippen molar-refractivity contribution in [3.8, 4) is 0 Å². The molecule has 0 N–H and O–H groups in total. The summed E-state index contributed by atoms with van der Waals surface area (Å²) in [6.45, 7) is 7.16. The van der Waals surface area contributed by atoms with E-state index in [2.05, 4.69) is 13.8 Å². The third-order valence-electron chi connectivity index (χ3n) is 4.41. The van der Waals surface area contributed by atoms with Crippen LogP contribution in [0.4, 0.5) is 0 Å². The number of ether oxygens (including phenoxy) is 3. The van der Waals surface area contributed by atoms with E-state index in [9.17, 15) is 0 Å². The van der Waals surface area contributed by atoms with E-state index in [4.69, 9.17) is 14.2 Å². The van der Waals surface area contributed by atoms with Gasteiger partial charge in [0, 0.05) is 31.5 Å². The third kappa shape index (κ3) is 1.79. The lowest BCUT2D eigenvalue weighted by Crippen LogP contribution is -2.48. The minimum Gasteiger partial charge on any atom is -0.381 e. The van der Waals surface area contributed by atoms with Crippen LogP contribution in [0.2, 0.25) is 0 Å². The second-order valence-electron chi connectivity index (χ2n) is 6.14. The zero-order valence-electron chi connectivity index (χ0n) is 10.3. The van der Waals surface area contributed by atoms with Crippen molar-refractivity contribution in [1.82, 2.24) is 0 Å². The van der Waals surface area contributed by atoms with Gasteiger partial charge in [0.15, 0.2) is 5.79 Å². The van der Waals surface area contributed by atoms with E-state index in [0.29, 0.717) is 17.4 Å². The van der Waals surface area contributed by atoms with Gasteiger partial charge < -0.3 is 14.2 Å². The van der Waals surface area contributed by atoms with Gasteiger partial charge in [0.05, 0.1) is 12.7 Å². The topological polar surface area (TPSA) is 27.7 Å². The third-order valence-corrected chi connectivity index (χ3v) is 4.41. The minimum absolute atomic E-state index is 0.216. The van der Waals surface area contributed by atoms with Crippen molar-refractivity contribution in [3.05, 3.63) is 0 Å². The highest BCUT2D eigenvalue weighted by Crippen LogP contribution is 2.58. The Morgan fingerprint density at radius 1 is 1.25 bits per heavy atom. The fourth-order valence-corrected chi connectivity index (χ4v) is 3.50. The summed E-state index contributed by atoms with van der Waals surface area (Å²) in [5, 5.41) is 0. The molecule has 3 nitrogen and oxygen atoms in total. The summed E-state index contributed by atoms with van der Waals surface area (Å²) < 4.78 is 17.4. The maximum absolute atomic E-state index is 6.19. The van der Waals surface area contributed by atoms with Crippen LogP contribution in [0.1, 0.15) is 39.5 Å². The van der Waals surface area contributed by atoms with Gasteiger partial charge in [-0.3, -0.25) is 0 Å². The Morgan fingerprint density at radius 2 is 1.94 bits per heavy atom. The van der Waals surface area contributed by atoms with E-state index < -0.39 is 0 Å². The van der Waals surface area contributed by atoms with Crippen LogP contribution in [0.3, 0.4) is 0 Å². The summed E-state index contributed by atoms with van der Waals surface area (Å²) in [6, 6.07) is 0. The molecule has 92 valence electrons. The predicted molar refractivity (Wildman–Crippen MR) is 60.1 cm³/mol. The molecule has 0 spiro atoms. The van der Waals surface area contributed by atoms with Gasteiger partial charge in [-0.05, 0) is 25.7 Å². The molecule has 1 unspecified atom stereocenters. The van der Waals surface area contributed by atoms with Gasteiger partial charge >= 0.3 is 0 Å². The molecule has 16 heavy (non-hydrogen) atoms. The van der Waals surface area contributed by atoms with Crippen LogP contribution in [0.25, 0.3) is 0 Å². The SMILES string of the molecule is CC(OC12CC(C)(CO1)C2)C1CCOCC1. The van der Waals surface area contributed by atoms with Crippen molar-refractivity contribution < 1.29 is 14.2 Å². The van der Waals surface area contributed by atoms with Gasteiger partial charge in [0.25, 0.3) is 0 Å². The van der Waals surface area contributed by atoms with Gasteiger partial charge in [-0.25, -0.2) is 0 Å². The Morgan fingerprint density at radius 3 is 2.50 bits per heavy atom. The molecule has 0 amide bonds. The summed E-state index contributed by atoms with van der Waals surface area (Å²) >= 11 is 0. The molecular formula is C13H22O3. The van der Waals surface area contributed by atoms with Crippen molar-refractivity contribution in [3.63, 3.8) is 0 Å². The first kappa shape index (κ1) is 11.0. The van der Waals surface area contributed by atoms with Crippen LogP contribution < -0.4 is 0 Å². The summed E-state index contributed by atoms with van der Waals surface area (Å²) in [5.74, 6) is 0.436. The summed E-state index contributed by atoms with van der Waals surface area (Å²) in [5.41, 5.74) is 0.412. The molecule has 4 aliphatic rings. The Bertz CT molecular complexity index is 264. The van der Waals surface area contributed by atoms with E-state index in [1.54, 1.807) is 0 Å². The summed E-state index contributed by atoms with van der Waals surface area (Å²) in [6.07, 6.45) is 4.76. The van der Waals surface area contributed by atoms with E-state index in [1.165, 1.54) is 0 Å². The highest BCUT2D eigenvalue weighted by molar-refractivity contribution is 5.04. The molecule has 1 saturated carbocycles. The molecule has 3 saturated heterocycles. The van der Waals surface area contributed by atoms with E-state index in [0.717, 1.165) is 45.5 Å². The quantitative estimate of drug-likeness (QED) is 0.739.